The number of hydrogen-bond acceptors (Lipinski definition) is 7. The molecule has 13 heteroatoms. The van der Waals surface area contributed by atoms with Crippen molar-refractivity contribution in [2.24, 2.45) is 0 Å². The molecule has 6 N–H and O–H groups in total. The van der Waals surface area contributed by atoms with E-state index in [1.54, 1.807) is 6.92 Å². The van der Waals surface area contributed by atoms with Gasteiger partial charge in [0.2, 0.25) is 35.4 Å². The number of hydrogen-bond donors (Lipinski definition) is 6. The summed E-state index contributed by atoms with van der Waals surface area (Å²) in [5.74, 6) is -1.05. The number of Topliss-reactive ketones (excluding diaryl/α,β-unsaturated/α-hetero) is 1. The van der Waals surface area contributed by atoms with E-state index in [1.165, 1.54) is 13.3 Å². The fraction of sp³-hybridized carbons (Fsp3) is 0.781. The van der Waals surface area contributed by atoms with E-state index in [9.17, 15) is 33.6 Å². The standard InChI is InChI=1S/C32H56N6O7/c1-3-27(40)25(38-32(45)26-16-17-31(44)37-26)14-11-13-21-34-29(42)18-23-36-30(43)19-22-35-28(41)15-10-8-6-4-5-7-9-12-20-33-24(2)39/h25-26H,3-23H2,1-2H3,(H,33,39)(H,34,42)(H,35,41)(H,36,43)(H,37,44)(H,38,45)/t25-,26?/m0/s1. The molecule has 0 aromatic rings. The third kappa shape index (κ3) is 21.0. The highest BCUT2D eigenvalue weighted by Gasteiger charge is 2.29. The van der Waals surface area contributed by atoms with Gasteiger partial charge in [0.1, 0.15) is 6.04 Å². The number of ketones is 1. The molecule has 0 saturated carbocycles. The molecule has 256 valence electrons. The fourth-order valence-electron chi connectivity index (χ4n) is 4.98. The summed E-state index contributed by atoms with van der Waals surface area (Å²) < 4.78 is 0. The van der Waals surface area contributed by atoms with Crippen LogP contribution in [0.2, 0.25) is 0 Å². The van der Waals surface area contributed by atoms with Crippen molar-refractivity contribution >= 4 is 41.2 Å². The van der Waals surface area contributed by atoms with Gasteiger partial charge in [-0.3, -0.25) is 33.6 Å². The van der Waals surface area contributed by atoms with Crippen molar-refractivity contribution in [1.82, 2.24) is 31.9 Å². The van der Waals surface area contributed by atoms with Crippen LogP contribution in [0, 0.1) is 0 Å². The Kier molecular flexibility index (Phi) is 21.7. The Hall–Kier alpha value is -3.51. The maximum absolute atomic E-state index is 12.4. The molecule has 1 aliphatic heterocycles. The van der Waals surface area contributed by atoms with E-state index < -0.39 is 12.1 Å². The van der Waals surface area contributed by atoms with E-state index in [0.717, 1.165) is 51.5 Å². The zero-order valence-electron chi connectivity index (χ0n) is 27.4. The summed E-state index contributed by atoms with van der Waals surface area (Å²) in [5.41, 5.74) is 0. The summed E-state index contributed by atoms with van der Waals surface area (Å²) in [4.78, 5) is 82.8. The van der Waals surface area contributed by atoms with Crippen LogP contribution in [0.3, 0.4) is 0 Å². The zero-order valence-corrected chi connectivity index (χ0v) is 27.4. The Bertz CT molecular complexity index is 958. The second-order valence-corrected chi connectivity index (χ2v) is 11.6. The van der Waals surface area contributed by atoms with Crippen LogP contribution in [0.1, 0.15) is 123 Å². The van der Waals surface area contributed by atoms with Crippen LogP contribution in [-0.4, -0.2) is 79.5 Å². The van der Waals surface area contributed by atoms with Gasteiger partial charge in [0.25, 0.3) is 0 Å². The van der Waals surface area contributed by atoms with Crippen molar-refractivity contribution in [2.75, 3.05) is 26.2 Å². The number of nitrogens with one attached hydrogen (secondary N) is 6. The van der Waals surface area contributed by atoms with Crippen LogP contribution >= 0.6 is 0 Å². The Balaban J connectivity index is 2.00. The molecule has 13 nitrogen and oxygen atoms in total. The molecule has 45 heavy (non-hydrogen) atoms. The van der Waals surface area contributed by atoms with E-state index in [2.05, 4.69) is 31.9 Å². The van der Waals surface area contributed by atoms with Crippen molar-refractivity contribution < 1.29 is 33.6 Å². The lowest BCUT2D eigenvalue weighted by molar-refractivity contribution is -0.129. The van der Waals surface area contributed by atoms with Crippen molar-refractivity contribution in [3.63, 3.8) is 0 Å². The van der Waals surface area contributed by atoms with Gasteiger partial charge in [-0.05, 0) is 38.5 Å². The second-order valence-electron chi connectivity index (χ2n) is 11.6. The number of amides is 6. The highest BCUT2D eigenvalue weighted by Crippen LogP contribution is 2.11. The van der Waals surface area contributed by atoms with Crippen LogP contribution in [-0.2, 0) is 33.6 Å². The monoisotopic (exact) mass is 636 g/mol. The predicted molar refractivity (Wildman–Crippen MR) is 171 cm³/mol. The van der Waals surface area contributed by atoms with Crippen molar-refractivity contribution in [1.29, 1.82) is 0 Å². The minimum atomic E-state index is -0.615. The molecule has 0 radical (unpaired) electrons. The molecule has 0 spiro atoms. The van der Waals surface area contributed by atoms with Gasteiger partial charge in [0, 0.05) is 65.2 Å². The van der Waals surface area contributed by atoms with Crippen LogP contribution in [0.15, 0.2) is 0 Å². The molecule has 2 atom stereocenters. The van der Waals surface area contributed by atoms with Gasteiger partial charge in [0.05, 0.1) is 6.04 Å². The molecule has 1 aliphatic rings. The van der Waals surface area contributed by atoms with Crippen molar-refractivity contribution in [3.05, 3.63) is 0 Å². The van der Waals surface area contributed by atoms with Gasteiger partial charge >= 0.3 is 0 Å². The van der Waals surface area contributed by atoms with Gasteiger partial charge in [0.15, 0.2) is 5.78 Å². The highest BCUT2D eigenvalue weighted by atomic mass is 16.2. The summed E-state index contributed by atoms with van der Waals surface area (Å²) in [6.07, 6.45) is 12.0. The minimum absolute atomic E-state index is 0.0162. The quantitative estimate of drug-likeness (QED) is 0.0778. The van der Waals surface area contributed by atoms with Crippen LogP contribution in [0.5, 0.6) is 0 Å². The normalized spacial score (nSPS) is 14.6. The predicted octanol–water partition coefficient (Wildman–Crippen LogP) is 1.68. The maximum atomic E-state index is 12.4. The number of carbonyl (C=O) groups is 7. The van der Waals surface area contributed by atoms with Gasteiger partial charge in [-0.15, -0.1) is 0 Å². The van der Waals surface area contributed by atoms with Crippen LogP contribution in [0.4, 0.5) is 0 Å². The lowest BCUT2D eigenvalue weighted by atomic mass is 10.0. The van der Waals surface area contributed by atoms with E-state index in [-0.39, 0.29) is 67.2 Å². The molecule has 6 amide bonds. The van der Waals surface area contributed by atoms with Crippen LogP contribution in [0.25, 0.3) is 0 Å². The van der Waals surface area contributed by atoms with Crippen molar-refractivity contribution in [3.8, 4) is 0 Å². The smallest absolute Gasteiger partial charge is 0.243 e. The Morgan fingerprint density at radius 3 is 1.76 bits per heavy atom. The SMILES string of the molecule is CCC(=O)[C@H](CCCCNC(=O)CCNC(=O)CCNC(=O)CCCCCCCCCCNC(C)=O)NC(=O)C1CCC(=O)N1. The summed E-state index contributed by atoms with van der Waals surface area (Å²) in [7, 11) is 0. The molecule has 1 rings (SSSR count). The zero-order chi connectivity index (χ0) is 33.3. The first-order chi connectivity index (χ1) is 21.6. The lowest BCUT2D eigenvalue weighted by Crippen LogP contribution is -2.48. The average Bonchev–Trinajstić information content (AvgIpc) is 3.44. The number of rotatable bonds is 26. The van der Waals surface area contributed by atoms with Gasteiger partial charge in [-0.1, -0.05) is 45.4 Å². The largest absolute Gasteiger partial charge is 0.356 e. The van der Waals surface area contributed by atoms with Gasteiger partial charge in [-0.2, -0.15) is 0 Å². The van der Waals surface area contributed by atoms with Crippen LogP contribution < -0.4 is 31.9 Å². The average molecular weight is 637 g/mol. The van der Waals surface area contributed by atoms with E-state index >= 15 is 0 Å². The molecule has 1 fully saturated rings. The first-order valence-corrected chi connectivity index (χ1v) is 16.8. The van der Waals surface area contributed by atoms with E-state index in [0.29, 0.717) is 51.5 Å². The second kappa shape index (κ2) is 24.8. The third-order valence-electron chi connectivity index (χ3n) is 7.66. The Morgan fingerprint density at radius 2 is 1.20 bits per heavy atom. The fourth-order valence-corrected chi connectivity index (χ4v) is 4.98. The first-order valence-electron chi connectivity index (χ1n) is 16.8. The summed E-state index contributed by atoms with van der Waals surface area (Å²) in [5, 5.41) is 16.4. The number of unbranched alkanes of at least 4 members (excludes halogenated alkanes) is 8. The topological polar surface area (TPSA) is 192 Å². The molecular weight excluding hydrogens is 580 g/mol. The molecule has 0 aromatic carbocycles. The molecule has 0 bridgehead atoms. The van der Waals surface area contributed by atoms with Gasteiger partial charge in [-0.25, -0.2) is 0 Å². The Morgan fingerprint density at radius 1 is 0.689 bits per heavy atom. The molecule has 0 aromatic heterocycles. The first kappa shape index (κ1) is 39.5. The lowest BCUT2D eigenvalue weighted by Gasteiger charge is -2.19. The third-order valence-corrected chi connectivity index (χ3v) is 7.66. The molecular formula is C32H56N6O7. The van der Waals surface area contributed by atoms with Gasteiger partial charge < -0.3 is 31.9 Å². The van der Waals surface area contributed by atoms with Crippen molar-refractivity contribution in [2.45, 2.75) is 135 Å². The summed E-state index contributed by atoms with van der Waals surface area (Å²) in [6, 6.07) is -1.21. The minimum Gasteiger partial charge on any atom is -0.356 e. The summed E-state index contributed by atoms with van der Waals surface area (Å²) >= 11 is 0. The molecule has 1 unspecified atom stereocenters. The molecule has 0 aliphatic carbocycles. The van der Waals surface area contributed by atoms with E-state index in [4.69, 9.17) is 0 Å². The Labute approximate surface area is 267 Å². The number of carbonyl (C=O) groups excluding carboxylic acids is 7. The highest BCUT2D eigenvalue weighted by molar-refractivity contribution is 5.94. The molecule has 1 heterocycles. The summed E-state index contributed by atoms with van der Waals surface area (Å²) in [6.45, 7) is 4.88. The maximum Gasteiger partial charge on any atom is 0.243 e. The molecule has 1 saturated heterocycles. The van der Waals surface area contributed by atoms with E-state index in [1.807, 2.05) is 0 Å².